The molecule has 0 aliphatic rings. The third-order valence-corrected chi connectivity index (χ3v) is 3.86. The van der Waals surface area contributed by atoms with Gasteiger partial charge in [-0.2, -0.15) is 0 Å². The first-order valence-electron chi connectivity index (χ1n) is 5.42. The number of hydrogen-bond acceptors (Lipinski definition) is 1. The number of aryl methyl sites for hydroxylation is 1. The molecule has 2 aromatic rings. The summed E-state index contributed by atoms with van der Waals surface area (Å²) in [5.41, 5.74) is 1.92. The highest BCUT2D eigenvalue weighted by Gasteiger charge is 2.19. The fraction of sp³-hybridized carbons (Fsp3) is 0.0769. The van der Waals surface area contributed by atoms with E-state index in [-0.39, 0.29) is 0 Å². The molecule has 0 amide bonds. The van der Waals surface area contributed by atoms with Crippen molar-refractivity contribution in [1.82, 2.24) is 0 Å². The lowest BCUT2D eigenvalue weighted by Gasteiger charge is -2.22. The molecule has 0 bridgehead atoms. The molecular weight excluding hydrogens is 305 g/mol. The van der Waals surface area contributed by atoms with Crippen molar-refractivity contribution in [3.05, 3.63) is 58.1 Å². The van der Waals surface area contributed by atoms with E-state index in [4.69, 9.17) is 23.2 Å². The standard InChI is InChI=1S/C13H11Cl2NO2S/c1-9-4-2-3-5-12(9)16(19(17)18)13-7-6-10(14)8-11(13)15/h2-8H,1H3,(H,17,18). The Kier molecular flexibility index (Phi) is 4.47. The zero-order chi connectivity index (χ0) is 14.0. The summed E-state index contributed by atoms with van der Waals surface area (Å²) in [6.45, 7) is 1.86. The molecule has 19 heavy (non-hydrogen) atoms. The molecule has 0 radical (unpaired) electrons. The van der Waals surface area contributed by atoms with E-state index in [0.29, 0.717) is 21.4 Å². The molecule has 0 aliphatic carbocycles. The lowest BCUT2D eigenvalue weighted by Crippen LogP contribution is -2.20. The van der Waals surface area contributed by atoms with Crippen LogP contribution in [0.1, 0.15) is 5.56 Å². The smallest absolute Gasteiger partial charge is 0.266 e. The Morgan fingerprint density at radius 3 is 2.37 bits per heavy atom. The van der Waals surface area contributed by atoms with Gasteiger partial charge in [0.05, 0.1) is 16.4 Å². The van der Waals surface area contributed by atoms with Gasteiger partial charge in [0.25, 0.3) is 11.3 Å². The van der Waals surface area contributed by atoms with Crippen LogP contribution in [0.5, 0.6) is 0 Å². The van der Waals surface area contributed by atoms with Crippen molar-refractivity contribution in [3.8, 4) is 0 Å². The zero-order valence-electron chi connectivity index (χ0n) is 10.0. The van der Waals surface area contributed by atoms with Crippen LogP contribution in [0.2, 0.25) is 10.0 Å². The maximum absolute atomic E-state index is 11.6. The Morgan fingerprint density at radius 1 is 1.11 bits per heavy atom. The van der Waals surface area contributed by atoms with Crippen molar-refractivity contribution in [1.29, 1.82) is 0 Å². The monoisotopic (exact) mass is 315 g/mol. The normalized spacial score (nSPS) is 12.2. The van der Waals surface area contributed by atoms with Crippen LogP contribution >= 0.6 is 23.2 Å². The maximum atomic E-state index is 11.6. The summed E-state index contributed by atoms with van der Waals surface area (Å²) in [5, 5.41) is 0.792. The fourth-order valence-electron chi connectivity index (χ4n) is 1.74. The molecule has 2 aromatic carbocycles. The van der Waals surface area contributed by atoms with Gasteiger partial charge in [-0.05, 0) is 36.8 Å². The van der Waals surface area contributed by atoms with Crippen LogP contribution in [0, 0.1) is 6.92 Å². The van der Waals surface area contributed by atoms with Crippen LogP contribution < -0.4 is 4.31 Å². The van der Waals surface area contributed by atoms with E-state index in [0.717, 1.165) is 5.56 Å². The van der Waals surface area contributed by atoms with E-state index in [1.54, 1.807) is 24.3 Å². The molecule has 0 saturated carbocycles. The van der Waals surface area contributed by atoms with E-state index in [2.05, 4.69) is 0 Å². The van der Waals surface area contributed by atoms with E-state index < -0.39 is 11.3 Å². The van der Waals surface area contributed by atoms with Gasteiger partial charge in [0.1, 0.15) is 0 Å². The Hall–Kier alpha value is -1.07. The number of benzene rings is 2. The molecule has 2 rings (SSSR count). The number of anilines is 2. The highest BCUT2D eigenvalue weighted by atomic mass is 35.5. The van der Waals surface area contributed by atoms with E-state index in [9.17, 15) is 8.76 Å². The number of para-hydroxylation sites is 1. The molecule has 0 aromatic heterocycles. The SMILES string of the molecule is Cc1ccccc1N(c1ccc(Cl)cc1Cl)S(=O)O. The van der Waals surface area contributed by atoms with Crippen molar-refractivity contribution >= 4 is 45.8 Å². The van der Waals surface area contributed by atoms with Gasteiger partial charge in [-0.15, -0.1) is 0 Å². The summed E-state index contributed by atoms with van der Waals surface area (Å²) in [6.07, 6.45) is 0. The van der Waals surface area contributed by atoms with Crippen LogP contribution in [-0.4, -0.2) is 8.76 Å². The number of nitrogens with zero attached hydrogens (tertiary/aromatic N) is 1. The van der Waals surface area contributed by atoms with Gasteiger partial charge >= 0.3 is 0 Å². The molecule has 1 unspecified atom stereocenters. The second-order valence-corrected chi connectivity index (χ2v) is 5.58. The minimum atomic E-state index is -2.23. The quantitative estimate of drug-likeness (QED) is 0.842. The second-order valence-electron chi connectivity index (χ2n) is 3.91. The van der Waals surface area contributed by atoms with Gasteiger partial charge in [-0.3, -0.25) is 4.55 Å². The van der Waals surface area contributed by atoms with Gasteiger partial charge in [0, 0.05) is 5.02 Å². The molecule has 0 saturated heterocycles. The first-order valence-corrected chi connectivity index (χ1v) is 7.24. The molecular formula is C13H11Cl2NO2S. The summed E-state index contributed by atoms with van der Waals surface area (Å²) >= 11 is 9.71. The maximum Gasteiger partial charge on any atom is 0.266 e. The van der Waals surface area contributed by atoms with Gasteiger partial charge in [-0.25, -0.2) is 8.51 Å². The summed E-state index contributed by atoms with van der Waals surface area (Å²) < 4.78 is 22.4. The highest BCUT2D eigenvalue weighted by molar-refractivity contribution is 7.81. The van der Waals surface area contributed by atoms with Crippen molar-refractivity contribution in [2.45, 2.75) is 6.92 Å². The van der Waals surface area contributed by atoms with Crippen molar-refractivity contribution < 1.29 is 8.76 Å². The van der Waals surface area contributed by atoms with Gasteiger partial charge in [0.2, 0.25) is 0 Å². The Balaban J connectivity index is 2.59. The third-order valence-electron chi connectivity index (χ3n) is 2.62. The minimum absolute atomic E-state index is 0.318. The topological polar surface area (TPSA) is 40.5 Å². The third kappa shape index (κ3) is 3.09. The predicted molar refractivity (Wildman–Crippen MR) is 80.6 cm³/mol. The second kappa shape index (κ2) is 5.92. The van der Waals surface area contributed by atoms with Crippen LogP contribution in [0.4, 0.5) is 11.4 Å². The number of rotatable bonds is 3. The molecule has 3 nitrogen and oxygen atoms in total. The van der Waals surface area contributed by atoms with Crippen LogP contribution in [0.15, 0.2) is 42.5 Å². The summed E-state index contributed by atoms with van der Waals surface area (Å²) in [7, 11) is 0. The van der Waals surface area contributed by atoms with Gasteiger partial charge in [0.15, 0.2) is 0 Å². The molecule has 1 atom stereocenters. The average molecular weight is 316 g/mol. The molecule has 0 fully saturated rings. The molecule has 0 aliphatic heterocycles. The summed E-state index contributed by atoms with van der Waals surface area (Å²) in [6, 6.07) is 12.1. The van der Waals surface area contributed by atoms with Crippen LogP contribution in [0.25, 0.3) is 0 Å². The van der Waals surface area contributed by atoms with Crippen molar-refractivity contribution in [2.75, 3.05) is 4.31 Å². The first kappa shape index (κ1) is 14.3. The summed E-state index contributed by atoms with van der Waals surface area (Å²) in [5.74, 6) is 0. The van der Waals surface area contributed by atoms with E-state index in [1.807, 2.05) is 19.1 Å². The predicted octanol–water partition coefficient (Wildman–Crippen LogP) is 4.58. The Morgan fingerprint density at radius 2 is 1.79 bits per heavy atom. The van der Waals surface area contributed by atoms with Crippen LogP contribution in [0.3, 0.4) is 0 Å². The van der Waals surface area contributed by atoms with Crippen molar-refractivity contribution in [3.63, 3.8) is 0 Å². The minimum Gasteiger partial charge on any atom is -0.289 e. The molecule has 0 heterocycles. The largest absolute Gasteiger partial charge is 0.289 e. The van der Waals surface area contributed by atoms with E-state index >= 15 is 0 Å². The molecule has 0 spiro atoms. The van der Waals surface area contributed by atoms with Gasteiger partial charge in [-0.1, -0.05) is 41.4 Å². The molecule has 6 heteroatoms. The molecule has 1 N–H and O–H groups in total. The highest BCUT2D eigenvalue weighted by Crippen LogP contribution is 2.35. The van der Waals surface area contributed by atoms with Crippen LogP contribution in [-0.2, 0) is 11.3 Å². The Bertz CT molecular complexity index is 634. The summed E-state index contributed by atoms with van der Waals surface area (Å²) in [4.78, 5) is 0. The Labute approximate surface area is 124 Å². The number of halogens is 2. The molecule has 100 valence electrons. The van der Waals surface area contributed by atoms with Gasteiger partial charge < -0.3 is 0 Å². The first-order chi connectivity index (χ1) is 9.00. The lowest BCUT2D eigenvalue weighted by molar-refractivity contribution is 0.564. The van der Waals surface area contributed by atoms with E-state index in [1.165, 1.54) is 10.4 Å². The zero-order valence-corrected chi connectivity index (χ0v) is 12.3. The lowest BCUT2D eigenvalue weighted by atomic mass is 10.2. The fourth-order valence-corrected chi connectivity index (χ4v) is 2.98. The van der Waals surface area contributed by atoms with Crippen molar-refractivity contribution in [2.24, 2.45) is 0 Å². The number of hydrogen-bond donors (Lipinski definition) is 1. The average Bonchev–Trinajstić information content (AvgIpc) is 2.34.